The van der Waals surface area contributed by atoms with Crippen LogP contribution in [0.5, 0.6) is 0 Å². The van der Waals surface area contributed by atoms with Crippen LogP contribution in [0.1, 0.15) is 40.7 Å². The summed E-state index contributed by atoms with van der Waals surface area (Å²) in [5, 5.41) is 16.1. The second-order valence-corrected chi connectivity index (χ2v) is 6.73. The highest BCUT2D eigenvalue weighted by Crippen LogP contribution is 2.33. The summed E-state index contributed by atoms with van der Waals surface area (Å²) < 4.78 is 0. The maximum Gasteiger partial charge on any atom is 0.255 e. The van der Waals surface area contributed by atoms with E-state index < -0.39 is 17.6 Å². The zero-order valence-electron chi connectivity index (χ0n) is 13.2. The number of nitrogens with zero attached hydrogens (tertiary/aromatic N) is 1. The SMILES string of the molecule is O=C1CCC(N2Cc3cc([C@@]4(O)CCNC4)ccc3C2=O)C(=O)N1. The van der Waals surface area contributed by atoms with Crippen molar-refractivity contribution in [3.63, 3.8) is 0 Å². The first kappa shape index (κ1) is 15.3. The molecule has 3 amide bonds. The second-order valence-electron chi connectivity index (χ2n) is 6.73. The van der Waals surface area contributed by atoms with Crippen molar-refractivity contribution in [2.24, 2.45) is 0 Å². The normalized spacial score (nSPS) is 29.8. The van der Waals surface area contributed by atoms with Crippen LogP contribution in [0.15, 0.2) is 18.2 Å². The lowest BCUT2D eigenvalue weighted by Crippen LogP contribution is -2.52. The Bertz CT molecular complexity index is 739. The Kier molecular flexibility index (Phi) is 3.43. The molecule has 7 heteroatoms. The van der Waals surface area contributed by atoms with E-state index in [-0.39, 0.29) is 18.2 Å². The smallest absolute Gasteiger partial charge is 0.255 e. The molecule has 0 radical (unpaired) electrons. The van der Waals surface area contributed by atoms with Crippen molar-refractivity contribution in [1.82, 2.24) is 15.5 Å². The lowest BCUT2D eigenvalue weighted by Gasteiger charge is -2.29. The highest BCUT2D eigenvalue weighted by Gasteiger charge is 2.40. The van der Waals surface area contributed by atoms with Gasteiger partial charge in [-0.05, 0) is 36.6 Å². The topological polar surface area (TPSA) is 98.7 Å². The number of hydrogen-bond donors (Lipinski definition) is 3. The van der Waals surface area contributed by atoms with Crippen molar-refractivity contribution in [2.75, 3.05) is 13.1 Å². The molecule has 3 aliphatic rings. The lowest BCUT2D eigenvalue weighted by atomic mass is 9.91. The summed E-state index contributed by atoms with van der Waals surface area (Å²) in [6.07, 6.45) is 1.23. The van der Waals surface area contributed by atoms with E-state index in [0.29, 0.717) is 31.5 Å². The van der Waals surface area contributed by atoms with Crippen molar-refractivity contribution in [3.8, 4) is 0 Å². The van der Waals surface area contributed by atoms with Gasteiger partial charge in [0.1, 0.15) is 11.6 Å². The summed E-state index contributed by atoms with van der Waals surface area (Å²) in [5.41, 5.74) is 1.28. The summed E-state index contributed by atoms with van der Waals surface area (Å²) in [4.78, 5) is 37.5. The third-order valence-corrected chi connectivity index (χ3v) is 5.19. The maximum absolute atomic E-state index is 12.6. The van der Waals surface area contributed by atoms with Crippen LogP contribution in [-0.2, 0) is 21.7 Å². The molecule has 1 aromatic rings. The molecule has 0 bridgehead atoms. The average Bonchev–Trinajstić information content (AvgIpc) is 3.13. The van der Waals surface area contributed by atoms with E-state index in [2.05, 4.69) is 10.6 Å². The van der Waals surface area contributed by atoms with Crippen LogP contribution in [-0.4, -0.2) is 46.9 Å². The van der Waals surface area contributed by atoms with Gasteiger partial charge in [-0.2, -0.15) is 0 Å². The van der Waals surface area contributed by atoms with Crippen molar-refractivity contribution in [3.05, 3.63) is 34.9 Å². The fourth-order valence-electron chi connectivity index (χ4n) is 3.79. The number of benzene rings is 1. The number of piperidine rings is 1. The minimum atomic E-state index is -0.903. The number of rotatable bonds is 2. The summed E-state index contributed by atoms with van der Waals surface area (Å²) in [5.74, 6) is -0.896. The van der Waals surface area contributed by atoms with Gasteiger partial charge in [0.15, 0.2) is 0 Å². The fourth-order valence-corrected chi connectivity index (χ4v) is 3.79. The molecule has 0 saturated carbocycles. The van der Waals surface area contributed by atoms with Gasteiger partial charge in [-0.25, -0.2) is 0 Å². The first-order valence-corrected chi connectivity index (χ1v) is 8.19. The van der Waals surface area contributed by atoms with Crippen molar-refractivity contribution in [1.29, 1.82) is 0 Å². The first-order chi connectivity index (χ1) is 11.5. The van der Waals surface area contributed by atoms with Gasteiger partial charge in [0.05, 0.1) is 0 Å². The number of aliphatic hydroxyl groups is 1. The third-order valence-electron chi connectivity index (χ3n) is 5.19. The molecule has 3 aliphatic heterocycles. The number of amides is 3. The second kappa shape index (κ2) is 5.39. The van der Waals surface area contributed by atoms with Crippen LogP contribution >= 0.6 is 0 Å². The van der Waals surface area contributed by atoms with E-state index >= 15 is 0 Å². The fraction of sp³-hybridized carbons (Fsp3) is 0.471. The summed E-state index contributed by atoms with van der Waals surface area (Å²) in [6.45, 7) is 1.59. The molecular weight excluding hydrogens is 310 g/mol. The van der Waals surface area contributed by atoms with Gasteiger partial charge in [-0.3, -0.25) is 19.7 Å². The zero-order valence-corrected chi connectivity index (χ0v) is 13.2. The monoisotopic (exact) mass is 329 g/mol. The predicted octanol–water partition coefficient (Wildman–Crippen LogP) is -0.371. The Hall–Kier alpha value is -2.25. The van der Waals surface area contributed by atoms with Gasteiger partial charge >= 0.3 is 0 Å². The standard InChI is InChI=1S/C17H19N3O4/c21-14-4-3-13(15(22)19-14)20-8-10-7-11(1-2-12(10)16(20)23)17(24)5-6-18-9-17/h1-2,7,13,18,24H,3-6,8-9H2,(H,19,21,22)/t13?,17-/m1/s1. The van der Waals surface area contributed by atoms with E-state index in [0.717, 1.165) is 17.7 Å². The quantitative estimate of drug-likeness (QED) is 0.643. The molecule has 1 unspecified atom stereocenters. The third kappa shape index (κ3) is 2.32. The number of fused-ring (bicyclic) bond motifs is 1. The Morgan fingerprint density at radius 3 is 2.79 bits per heavy atom. The van der Waals surface area contributed by atoms with Gasteiger partial charge in [-0.1, -0.05) is 12.1 Å². The van der Waals surface area contributed by atoms with Crippen LogP contribution in [0.2, 0.25) is 0 Å². The van der Waals surface area contributed by atoms with Crippen LogP contribution in [0.3, 0.4) is 0 Å². The largest absolute Gasteiger partial charge is 0.384 e. The number of nitrogens with one attached hydrogen (secondary N) is 2. The van der Waals surface area contributed by atoms with Crippen LogP contribution in [0.25, 0.3) is 0 Å². The molecule has 0 aliphatic carbocycles. The molecule has 126 valence electrons. The summed E-state index contributed by atoms with van der Waals surface area (Å²) in [6, 6.07) is 4.78. The van der Waals surface area contributed by atoms with E-state index in [1.165, 1.54) is 4.90 Å². The first-order valence-electron chi connectivity index (χ1n) is 8.19. The van der Waals surface area contributed by atoms with Gasteiger partial charge in [0.25, 0.3) is 5.91 Å². The number of imide groups is 1. The number of carbonyl (C=O) groups is 3. The molecule has 2 fully saturated rings. The summed E-state index contributed by atoms with van der Waals surface area (Å²) >= 11 is 0. The molecule has 24 heavy (non-hydrogen) atoms. The van der Waals surface area contributed by atoms with Crippen LogP contribution in [0, 0.1) is 0 Å². The Morgan fingerprint density at radius 1 is 1.25 bits per heavy atom. The molecule has 0 aromatic heterocycles. The van der Waals surface area contributed by atoms with Crippen molar-refractivity contribution >= 4 is 17.7 Å². The lowest BCUT2D eigenvalue weighted by molar-refractivity contribution is -0.136. The van der Waals surface area contributed by atoms with E-state index in [1.54, 1.807) is 12.1 Å². The van der Waals surface area contributed by atoms with Crippen molar-refractivity contribution < 1.29 is 19.5 Å². The van der Waals surface area contributed by atoms with Crippen molar-refractivity contribution in [2.45, 2.75) is 37.5 Å². The molecule has 0 spiro atoms. The number of hydrogen-bond acceptors (Lipinski definition) is 5. The molecule has 4 rings (SSSR count). The molecule has 3 heterocycles. The van der Waals surface area contributed by atoms with Crippen LogP contribution < -0.4 is 10.6 Å². The average molecular weight is 329 g/mol. The number of β-amino-alcohol motifs (C(OH)–C–C–N with tert-alkyl or cyclic N) is 1. The summed E-state index contributed by atoms with van der Waals surface area (Å²) in [7, 11) is 0. The Labute approximate surface area is 139 Å². The predicted molar refractivity (Wildman–Crippen MR) is 83.9 cm³/mol. The van der Waals surface area contributed by atoms with Gasteiger partial charge in [-0.15, -0.1) is 0 Å². The Morgan fingerprint density at radius 2 is 2.08 bits per heavy atom. The zero-order chi connectivity index (χ0) is 16.9. The molecule has 2 saturated heterocycles. The van der Waals surface area contributed by atoms with E-state index in [4.69, 9.17) is 0 Å². The van der Waals surface area contributed by atoms with Gasteiger partial charge in [0, 0.05) is 25.1 Å². The Balaban J connectivity index is 1.60. The molecular formula is C17H19N3O4. The number of carbonyl (C=O) groups excluding carboxylic acids is 3. The minimum absolute atomic E-state index is 0.192. The highest BCUT2D eigenvalue weighted by molar-refractivity contribution is 6.05. The maximum atomic E-state index is 12.6. The highest BCUT2D eigenvalue weighted by atomic mass is 16.3. The molecule has 1 aromatic carbocycles. The molecule has 7 nitrogen and oxygen atoms in total. The van der Waals surface area contributed by atoms with E-state index in [1.807, 2.05) is 6.07 Å². The molecule has 2 atom stereocenters. The minimum Gasteiger partial charge on any atom is -0.384 e. The van der Waals surface area contributed by atoms with E-state index in [9.17, 15) is 19.5 Å². The van der Waals surface area contributed by atoms with Crippen LogP contribution in [0.4, 0.5) is 0 Å². The van der Waals surface area contributed by atoms with Gasteiger partial charge in [0.2, 0.25) is 11.8 Å². The van der Waals surface area contributed by atoms with Gasteiger partial charge < -0.3 is 15.3 Å². The molecule has 3 N–H and O–H groups in total.